The Hall–Kier alpha value is -0.160. The second-order valence-electron chi connectivity index (χ2n) is 4.29. The van der Waals surface area contributed by atoms with Crippen molar-refractivity contribution >= 4 is 0 Å². The van der Waals surface area contributed by atoms with Gasteiger partial charge in [0.1, 0.15) is 6.10 Å². The average Bonchev–Trinajstić information content (AvgIpc) is 2.15. The minimum Gasteiger partial charge on any atom is -0.390 e. The van der Waals surface area contributed by atoms with Gasteiger partial charge in [0.25, 0.3) is 0 Å². The lowest BCUT2D eigenvalue weighted by molar-refractivity contribution is -0.349. The Morgan fingerprint density at radius 2 is 2.07 bits per heavy atom. The molecule has 0 aromatic rings. The predicted octanol–water partition coefficient (Wildman–Crippen LogP) is 0.414. The van der Waals surface area contributed by atoms with Crippen LogP contribution >= 0.6 is 0 Å². The van der Waals surface area contributed by atoms with Crippen LogP contribution in [0, 0.1) is 0 Å². The van der Waals surface area contributed by atoms with Crippen LogP contribution in [0.1, 0.15) is 32.6 Å². The maximum absolute atomic E-state index is 9.87. The molecule has 2 aliphatic heterocycles. The third kappa shape index (κ3) is 1.67. The van der Waals surface area contributed by atoms with E-state index >= 15 is 0 Å². The van der Waals surface area contributed by atoms with E-state index in [2.05, 4.69) is 0 Å². The Kier molecular flexibility index (Phi) is 2.79. The van der Waals surface area contributed by atoms with Gasteiger partial charge in [0.05, 0.1) is 18.8 Å². The van der Waals surface area contributed by atoms with Crippen LogP contribution in [0.2, 0.25) is 0 Å². The molecule has 2 heterocycles. The minimum atomic E-state index is -0.935. The lowest BCUT2D eigenvalue weighted by Gasteiger charge is -2.47. The fourth-order valence-electron chi connectivity index (χ4n) is 2.34. The molecule has 82 valence electrons. The third-order valence-corrected chi connectivity index (χ3v) is 3.06. The van der Waals surface area contributed by atoms with Gasteiger partial charge in [0.15, 0.2) is 5.79 Å². The van der Waals surface area contributed by atoms with Gasteiger partial charge in [-0.05, 0) is 19.8 Å². The fraction of sp³-hybridized carbons (Fsp3) is 1.00. The number of aliphatic hydroxyl groups excluding tert-OH is 2. The highest BCUT2D eigenvalue weighted by Crippen LogP contribution is 2.37. The van der Waals surface area contributed by atoms with Crippen molar-refractivity contribution in [1.82, 2.24) is 0 Å². The zero-order valence-corrected chi connectivity index (χ0v) is 8.48. The molecule has 0 aromatic heterocycles. The number of hydrogen-bond acceptors (Lipinski definition) is 4. The SMILES string of the molecule is C[C@@H]1C[C@H](O)[C@H](O)[C@]2(CCCCO2)O1. The summed E-state index contributed by atoms with van der Waals surface area (Å²) < 4.78 is 11.2. The summed E-state index contributed by atoms with van der Waals surface area (Å²) >= 11 is 0. The largest absolute Gasteiger partial charge is 0.390 e. The van der Waals surface area contributed by atoms with E-state index in [1.165, 1.54) is 0 Å². The zero-order valence-electron chi connectivity index (χ0n) is 8.48. The summed E-state index contributed by atoms with van der Waals surface area (Å²) in [5, 5.41) is 19.5. The summed E-state index contributed by atoms with van der Waals surface area (Å²) in [4.78, 5) is 0. The smallest absolute Gasteiger partial charge is 0.197 e. The van der Waals surface area contributed by atoms with Crippen molar-refractivity contribution in [2.45, 2.75) is 56.7 Å². The summed E-state index contributed by atoms with van der Waals surface area (Å²) in [5.74, 6) is -0.935. The Balaban J connectivity index is 2.13. The molecule has 0 saturated carbocycles. The molecule has 14 heavy (non-hydrogen) atoms. The molecule has 4 heteroatoms. The van der Waals surface area contributed by atoms with Crippen LogP contribution in [0.15, 0.2) is 0 Å². The molecule has 4 atom stereocenters. The molecular weight excluding hydrogens is 184 g/mol. The first kappa shape index (κ1) is 10.4. The molecular formula is C10H18O4. The highest BCUT2D eigenvalue weighted by atomic mass is 16.7. The van der Waals surface area contributed by atoms with E-state index in [0.717, 1.165) is 12.8 Å². The monoisotopic (exact) mass is 202 g/mol. The van der Waals surface area contributed by atoms with E-state index in [0.29, 0.717) is 19.4 Å². The first-order valence-corrected chi connectivity index (χ1v) is 5.32. The van der Waals surface area contributed by atoms with Crippen LogP contribution in [0.5, 0.6) is 0 Å². The molecule has 2 N–H and O–H groups in total. The normalized spacial score (nSPS) is 49.5. The zero-order chi connectivity index (χ0) is 10.2. The number of rotatable bonds is 0. The minimum absolute atomic E-state index is 0.0495. The fourth-order valence-corrected chi connectivity index (χ4v) is 2.34. The summed E-state index contributed by atoms with van der Waals surface area (Å²) in [6.07, 6.45) is 1.46. The lowest BCUT2D eigenvalue weighted by Crippen LogP contribution is -2.60. The Bertz CT molecular complexity index is 200. The highest BCUT2D eigenvalue weighted by molar-refractivity contribution is 4.92. The number of ether oxygens (including phenoxy) is 2. The molecule has 0 radical (unpaired) electrons. The van der Waals surface area contributed by atoms with E-state index in [1.807, 2.05) is 6.92 Å². The van der Waals surface area contributed by atoms with E-state index in [-0.39, 0.29) is 6.10 Å². The molecule has 1 spiro atoms. The van der Waals surface area contributed by atoms with Crippen LogP contribution < -0.4 is 0 Å². The standard InChI is InChI=1S/C10H18O4/c1-7-6-8(11)9(12)10(14-7)4-2-3-5-13-10/h7-9,11-12H,2-6H2,1H3/t7-,8+,9+,10+/m1/s1. The molecule has 0 aromatic carbocycles. The average molecular weight is 202 g/mol. The molecule has 2 rings (SSSR count). The quantitative estimate of drug-likeness (QED) is 0.597. The number of hydrogen-bond donors (Lipinski definition) is 2. The van der Waals surface area contributed by atoms with Crippen molar-refractivity contribution in [2.75, 3.05) is 6.61 Å². The molecule has 4 nitrogen and oxygen atoms in total. The maximum atomic E-state index is 9.87. The Morgan fingerprint density at radius 3 is 2.71 bits per heavy atom. The van der Waals surface area contributed by atoms with Crippen molar-refractivity contribution in [3.63, 3.8) is 0 Å². The number of aliphatic hydroxyl groups is 2. The second-order valence-corrected chi connectivity index (χ2v) is 4.29. The summed E-state index contributed by atoms with van der Waals surface area (Å²) in [6.45, 7) is 2.51. The van der Waals surface area contributed by atoms with Gasteiger partial charge in [-0.1, -0.05) is 0 Å². The molecule has 0 amide bonds. The summed E-state index contributed by atoms with van der Waals surface area (Å²) in [5.41, 5.74) is 0. The molecule has 0 aliphatic carbocycles. The van der Waals surface area contributed by atoms with Crippen LogP contribution in [0.25, 0.3) is 0 Å². The van der Waals surface area contributed by atoms with Crippen LogP contribution in [-0.2, 0) is 9.47 Å². The molecule has 2 aliphatic rings. The van der Waals surface area contributed by atoms with Gasteiger partial charge >= 0.3 is 0 Å². The van der Waals surface area contributed by atoms with Crippen LogP contribution in [-0.4, -0.2) is 40.9 Å². The van der Waals surface area contributed by atoms with E-state index in [4.69, 9.17) is 9.47 Å². The van der Waals surface area contributed by atoms with Crippen LogP contribution in [0.3, 0.4) is 0 Å². The Labute approximate surface area is 83.8 Å². The molecule has 2 saturated heterocycles. The third-order valence-electron chi connectivity index (χ3n) is 3.06. The first-order valence-electron chi connectivity index (χ1n) is 5.32. The van der Waals surface area contributed by atoms with Gasteiger partial charge in [-0.3, -0.25) is 0 Å². The van der Waals surface area contributed by atoms with E-state index in [9.17, 15) is 10.2 Å². The van der Waals surface area contributed by atoms with E-state index in [1.54, 1.807) is 0 Å². The van der Waals surface area contributed by atoms with Crippen LogP contribution in [0.4, 0.5) is 0 Å². The van der Waals surface area contributed by atoms with Crippen molar-refractivity contribution in [3.8, 4) is 0 Å². The highest BCUT2D eigenvalue weighted by Gasteiger charge is 2.49. The van der Waals surface area contributed by atoms with E-state index < -0.39 is 18.0 Å². The van der Waals surface area contributed by atoms with Gasteiger partial charge in [0, 0.05) is 12.8 Å². The molecule has 0 bridgehead atoms. The van der Waals surface area contributed by atoms with Crippen molar-refractivity contribution in [3.05, 3.63) is 0 Å². The second kappa shape index (κ2) is 3.77. The maximum Gasteiger partial charge on any atom is 0.197 e. The lowest BCUT2D eigenvalue weighted by atomic mass is 9.90. The van der Waals surface area contributed by atoms with Gasteiger partial charge in [-0.15, -0.1) is 0 Å². The van der Waals surface area contributed by atoms with Gasteiger partial charge < -0.3 is 19.7 Å². The molecule has 0 unspecified atom stereocenters. The Morgan fingerprint density at radius 1 is 1.29 bits per heavy atom. The van der Waals surface area contributed by atoms with Gasteiger partial charge in [-0.2, -0.15) is 0 Å². The van der Waals surface area contributed by atoms with Crippen molar-refractivity contribution < 1.29 is 19.7 Å². The van der Waals surface area contributed by atoms with Gasteiger partial charge in [-0.25, -0.2) is 0 Å². The summed E-state index contributed by atoms with van der Waals surface area (Å²) in [7, 11) is 0. The van der Waals surface area contributed by atoms with Gasteiger partial charge in [0.2, 0.25) is 0 Å². The predicted molar refractivity (Wildman–Crippen MR) is 49.7 cm³/mol. The van der Waals surface area contributed by atoms with Crippen molar-refractivity contribution in [1.29, 1.82) is 0 Å². The first-order chi connectivity index (χ1) is 6.64. The molecule has 2 fully saturated rings. The summed E-state index contributed by atoms with van der Waals surface area (Å²) in [6, 6.07) is 0. The van der Waals surface area contributed by atoms with Crippen molar-refractivity contribution in [2.24, 2.45) is 0 Å². The topological polar surface area (TPSA) is 58.9 Å².